The van der Waals surface area contributed by atoms with Crippen LogP contribution in [-0.2, 0) is 14.3 Å². The van der Waals surface area contributed by atoms with Crippen molar-refractivity contribution in [1.82, 2.24) is 10.2 Å². The summed E-state index contributed by atoms with van der Waals surface area (Å²) >= 11 is 0. The Labute approximate surface area is 211 Å². The molecule has 36 heavy (non-hydrogen) atoms. The molecule has 2 aliphatic rings. The molecule has 0 saturated heterocycles. The van der Waals surface area contributed by atoms with Crippen LogP contribution in [0.2, 0.25) is 0 Å². The second-order valence-corrected chi connectivity index (χ2v) is 10.5. The first-order chi connectivity index (χ1) is 17.1. The quantitative estimate of drug-likeness (QED) is 0.575. The van der Waals surface area contributed by atoms with Crippen molar-refractivity contribution in [3.05, 3.63) is 59.7 Å². The molecule has 0 spiro atoms. The molecule has 8 heteroatoms. The Morgan fingerprint density at radius 3 is 2.19 bits per heavy atom. The third-order valence-corrected chi connectivity index (χ3v) is 6.68. The highest BCUT2D eigenvalue weighted by molar-refractivity contribution is 5.80. The van der Waals surface area contributed by atoms with Crippen LogP contribution in [0.5, 0.6) is 0 Å². The zero-order valence-electron chi connectivity index (χ0n) is 21.0. The summed E-state index contributed by atoms with van der Waals surface area (Å²) in [6.07, 6.45) is 1.40. The number of rotatable bonds is 6. The molecule has 0 aromatic heterocycles. The average molecular weight is 495 g/mol. The van der Waals surface area contributed by atoms with Crippen molar-refractivity contribution in [2.45, 2.75) is 70.1 Å². The Kier molecular flexibility index (Phi) is 7.52. The summed E-state index contributed by atoms with van der Waals surface area (Å²) in [5.74, 6) is -1.22. The SMILES string of the molecule is CC(C)(C)OC(=O)N[C@@H]1CCC[C@H](N(CC(=O)O)C(=O)OCC2c3ccccc3-c3ccccc32)C1. The first-order valence-electron chi connectivity index (χ1n) is 12.5. The van der Waals surface area contributed by atoms with Gasteiger partial charge in [-0.2, -0.15) is 0 Å². The fourth-order valence-electron chi connectivity index (χ4n) is 5.22. The van der Waals surface area contributed by atoms with Gasteiger partial charge >= 0.3 is 18.2 Å². The molecule has 1 fully saturated rings. The van der Waals surface area contributed by atoms with E-state index in [1.165, 1.54) is 4.90 Å². The number of aliphatic carboxylic acids is 1. The molecule has 2 amide bonds. The predicted octanol–water partition coefficient (Wildman–Crippen LogP) is 5.16. The first-order valence-corrected chi connectivity index (χ1v) is 12.5. The number of fused-ring (bicyclic) bond motifs is 3. The predicted molar refractivity (Wildman–Crippen MR) is 135 cm³/mol. The number of carboxylic acid groups (broad SMARTS) is 1. The van der Waals surface area contributed by atoms with Crippen LogP contribution in [0.15, 0.2) is 48.5 Å². The van der Waals surface area contributed by atoms with Crippen molar-refractivity contribution in [3.63, 3.8) is 0 Å². The number of carbonyl (C=O) groups is 3. The number of ether oxygens (including phenoxy) is 2. The third kappa shape index (κ3) is 5.98. The monoisotopic (exact) mass is 494 g/mol. The van der Waals surface area contributed by atoms with Crippen LogP contribution in [0, 0.1) is 0 Å². The number of hydrogen-bond acceptors (Lipinski definition) is 5. The van der Waals surface area contributed by atoms with Crippen LogP contribution in [0.3, 0.4) is 0 Å². The van der Waals surface area contributed by atoms with E-state index in [2.05, 4.69) is 17.4 Å². The van der Waals surface area contributed by atoms with Gasteiger partial charge in [0.1, 0.15) is 18.8 Å². The van der Waals surface area contributed by atoms with Crippen LogP contribution in [-0.4, -0.2) is 59.0 Å². The zero-order chi connectivity index (χ0) is 25.9. The highest BCUT2D eigenvalue weighted by atomic mass is 16.6. The number of nitrogens with zero attached hydrogens (tertiary/aromatic N) is 1. The Bertz CT molecular complexity index is 1080. The van der Waals surface area contributed by atoms with E-state index >= 15 is 0 Å². The summed E-state index contributed by atoms with van der Waals surface area (Å²) in [7, 11) is 0. The van der Waals surface area contributed by atoms with Crippen molar-refractivity contribution in [3.8, 4) is 11.1 Å². The molecule has 2 aliphatic carbocycles. The molecule has 2 aromatic rings. The van der Waals surface area contributed by atoms with Crippen LogP contribution in [0.25, 0.3) is 11.1 Å². The van der Waals surface area contributed by atoms with Gasteiger partial charge in [0, 0.05) is 18.0 Å². The van der Waals surface area contributed by atoms with Crippen molar-refractivity contribution in [2.24, 2.45) is 0 Å². The van der Waals surface area contributed by atoms with Gasteiger partial charge in [0.15, 0.2) is 0 Å². The number of amides is 2. The van der Waals surface area contributed by atoms with Crippen molar-refractivity contribution < 1.29 is 29.0 Å². The second kappa shape index (κ2) is 10.6. The number of benzene rings is 2. The van der Waals surface area contributed by atoms with Gasteiger partial charge in [-0.15, -0.1) is 0 Å². The maximum atomic E-state index is 13.2. The lowest BCUT2D eigenvalue weighted by molar-refractivity contribution is -0.138. The molecule has 8 nitrogen and oxygen atoms in total. The van der Waals surface area contributed by atoms with Gasteiger partial charge in [-0.1, -0.05) is 48.5 Å². The van der Waals surface area contributed by atoms with Crippen molar-refractivity contribution in [2.75, 3.05) is 13.2 Å². The largest absolute Gasteiger partial charge is 0.480 e. The van der Waals surface area contributed by atoms with E-state index in [0.29, 0.717) is 12.8 Å². The summed E-state index contributed by atoms with van der Waals surface area (Å²) in [6, 6.07) is 15.5. The van der Waals surface area contributed by atoms with Crippen LogP contribution >= 0.6 is 0 Å². The van der Waals surface area contributed by atoms with Gasteiger partial charge in [-0.25, -0.2) is 9.59 Å². The fraction of sp³-hybridized carbons (Fsp3) is 0.464. The van der Waals surface area contributed by atoms with Gasteiger partial charge in [0.05, 0.1) is 0 Å². The standard InChI is InChI=1S/C28H34N2O6/c1-28(2,3)36-26(33)29-18-9-8-10-19(15-18)30(16-25(31)32)27(34)35-17-24-22-13-6-4-11-20(22)21-12-5-7-14-23(21)24/h4-7,11-14,18-19,24H,8-10,15-17H2,1-3H3,(H,29,33)(H,31,32)/t18-,19+/m1/s1. The van der Waals surface area contributed by atoms with Crippen molar-refractivity contribution >= 4 is 18.2 Å². The van der Waals surface area contributed by atoms with Gasteiger partial charge in [0.25, 0.3) is 0 Å². The molecule has 2 N–H and O–H groups in total. The van der Waals surface area contributed by atoms with Crippen molar-refractivity contribution in [1.29, 1.82) is 0 Å². The zero-order valence-corrected chi connectivity index (χ0v) is 21.0. The van der Waals surface area contributed by atoms with Crippen LogP contribution < -0.4 is 5.32 Å². The molecule has 2 atom stereocenters. The van der Waals surface area contributed by atoms with Gasteiger partial charge in [0.2, 0.25) is 0 Å². The maximum absolute atomic E-state index is 13.2. The number of hydrogen-bond donors (Lipinski definition) is 2. The minimum atomic E-state index is -1.11. The molecule has 0 heterocycles. The fourth-order valence-corrected chi connectivity index (χ4v) is 5.22. The van der Waals surface area contributed by atoms with Crippen LogP contribution in [0.1, 0.15) is 63.5 Å². The Balaban J connectivity index is 1.44. The number of carboxylic acids is 1. The van der Waals surface area contributed by atoms with E-state index in [1.54, 1.807) is 20.8 Å². The van der Waals surface area contributed by atoms with E-state index < -0.39 is 30.3 Å². The lowest BCUT2D eigenvalue weighted by Crippen LogP contribution is -2.50. The molecule has 0 unspecified atom stereocenters. The smallest absolute Gasteiger partial charge is 0.410 e. The Morgan fingerprint density at radius 1 is 1.00 bits per heavy atom. The summed E-state index contributed by atoms with van der Waals surface area (Å²) in [6.45, 7) is 5.04. The van der Waals surface area contributed by atoms with Gasteiger partial charge < -0.3 is 19.9 Å². The second-order valence-electron chi connectivity index (χ2n) is 10.5. The van der Waals surface area contributed by atoms with Gasteiger partial charge in [-0.05, 0) is 68.7 Å². The molecular formula is C28H34N2O6. The molecule has 0 bridgehead atoms. The molecule has 4 rings (SSSR count). The highest BCUT2D eigenvalue weighted by Crippen LogP contribution is 2.44. The third-order valence-electron chi connectivity index (χ3n) is 6.68. The number of alkyl carbamates (subject to hydrolysis) is 1. The lowest BCUT2D eigenvalue weighted by Gasteiger charge is -2.36. The van der Waals surface area contributed by atoms with E-state index in [-0.39, 0.29) is 24.6 Å². The minimum absolute atomic E-state index is 0.110. The first kappa shape index (κ1) is 25.5. The van der Waals surface area contributed by atoms with E-state index in [9.17, 15) is 19.5 Å². The topological polar surface area (TPSA) is 105 Å². The normalized spacial score (nSPS) is 19.1. The van der Waals surface area contributed by atoms with E-state index in [4.69, 9.17) is 9.47 Å². The summed E-state index contributed by atoms with van der Waals surface area (Å²) in [5.41, 5.74) is 3.82. The molecule has 1 saturated carbocycles. The highest BCUT2D eigenvalue weighted by Gasteiger charge is 2.35. The lowest BCUT2D eigenvalue weighted by atomic mass is 9.90. The number of carbonyl (C=O) groups excluding carboxylic acids is 2. The van der Waals surface area contributed by atoms with Gasteiger partial charge in [-0.3, -0.25) is 9.69 Å². The molecule has 0 radical (unpaired) electrons. The molecule has 0 aliphatic heterocycles. The van der Waals surface area contributed by atoms with E-state index in [0.717, 1.165) is 35.1 Å². The minimum Gasteiger partial charge on any atom is -0.480 e. The Hall–Kier alpha value is -3.55. The summed E-state index contributed by atoms with van der Waals surface area (Å²) < 4.78 is 11.1. The number of nitrogens with one attached hydrogen (secondary N) is 1. The van der Waals surface area contributed by atoms with Crippen LogP contribution in [0.4, 0.5) is 9.59 Å². The maximum Gasteiger partial charge on any atom is 0.410 e. The Morgan fingerprint density at radius 2 is 1.61 bits per heavy atom. The average Bonchev–Trinajstić information content (AvgIpc) is 3.13. The summed E-state index contributed by atoms with van der Waals surface area (Å²) in [5, 5.41) is 12.4. The van der Waals surface area contributed by atoms with E-state index in [1.807, 2.05) is 36.4 Å². The molecule has 192 valence electrons. The molecule has 2 aromatic carbocycles. The molecular weight excluding hydrogens is 460 g/mol. The summed E-state index contributed by atoms with van der Waals surface area (Å²) in [4.78, 5) is 38.3.